The first kappa shape index (κ1) is 15.0. The summed E-state index contributed by atoms with van der Waals surface area (Å²) in [6.07, 6.45) is 4.81. The number of carbonyl (C=O) groups excluding carboxylic acids is 1. The molecule has 1 heterocycles. The molecule has 2 rings (SSSR count). The van der Waals surface area contributed by atoms with Crippen molar-refractivity contribution in [1.82, 2.24) is 0 Å². The Balaban J connectivity index is 2.31. The van der Waals surface area contributed by atoms with Gasteiger partial charge in [0.05, 0.1) is 10.9 Å². The summed E-state index contributed by atoms with van der Waals surface area (Å²) in [6, 6.07) is 8.15. The van der Waals surface area contributed by atoms with Crippen molar-refractivity contribution in [2.45, 2.75) is 39.0 Å². The summed E-state index contributed by atoms with van der Waals surface area (Å²) in [6.45, 7) is 2.81. The Hall–Kier alpha value is -1.42. The van der Waals surface area contributed by atoms with Crippen molar-refractivity contribution in [1.29, 1.82) is 0 Å². The highest BCUT2D eigenvalue weighted by Gasteiger charge is 2.28. The quantitative estimate of drug-likeness (QED) is 0.867. The Morgan fingerprint density at radius 3 is 2.85 bits per heavy atom. The van der Waals surface area contributed by atoms with E-state index in [1.807, 2.05) is 23.1 Å². The molecule has 0 saturated heterocycles. The summed E-state index contributed by atoms with van der Waals surface area (Å²) in [7, 11) is 0. The molecule has 0 spiro atoms. The average molecular weight is 290 g/mol. The van der Waals surface area contributed by atoms with E-state index in [9.17, 15) is 4.79 Å². The van der Waals surface area contributed by atoms with E-state index in [1.165, 1.54) is 5.56 Å². The molecule has 2 N–H and O–H groups in total. The van der Waals surface area contributed by atoms with Gasteiger partial charge >= 0.3 is 0 Å². The number of thiocarbonyl (C=S) groups is 1. The first-order valence-corrected chi connectivity index (χ1v) is 7.74. The number of benzene rings is 1. The Labute approximate surface area is 126 Å². The molecule has 1 amide bonds. The van der Waals surface area contributed by atoms with E-state index in [1.54, 1.807) is 0 Å². The van der Waals surface area contributed by atoms with E-state index in [2.05, 4.69) is 13.0 Å². The maximum absolute atomic E-state index is 12.8. The van der Waals surface area contributed by atoms with Gasteiger partial charge in [-0.15, -0.1) is 0 Å². The number of para-hydroxylation sites is 1. The third-order valence-corrected chi connectivity index (χ3v) is 4.13. The molecule has 1 unspecified atom stereocenters. The Morgan fingerprint density at radius 2 is 2.15 bits per heavy atom. The lowest BCUT2D eigenvalue weighted by Crippen LogP contribution is -2.41. The monoisotopic (exact) mass is 290 g/mol. The van der Waals surface area contributed by atoms with E-state index in [0.29, 0.717) is 4.99 Å². The van der Waals surface area contributed by atoms with Gasteiger partial charge < -0.3 is 10.6 Å². The van der Waals surface area contributed by atoms with Crippen LogP contribution in [-0.4, -0.2) is 17.4 Å². The zero-order chi connectivity index (χ0) is 14.5. The third-order valence-electron chi connectivity index (χ3n) is 3.85. The van der Waals surface area contributed by atoms with Gasteiger partial charge in [0.15, 0.2) is 0 Å². The minimum absolute atomic E-state index is 0.0636. The second kappa shape index (κ2) is 6.84. The number of hydrogen-bond donors (Lipinski definition) is 1. The number of carbonyl (C=O) groups is 1. The van der Waals surface area contributed by atoms with Gasteiger partial charge in [-0.05, 0) is 37.3 Å². The van der Waals surface area contributed by atoms with Gasteiger partial charge in [0, 0.05) is 12.2 Å². The predicted octanol–water partition coefficient (Wildman–Crippen LogP) is 3.06. The zero-order valence-electron chi connectivity index (χ0n) is 12.0. The number of rotatable bonds is 4. The van der Waals surface area contributed by atoms with Crippen molar-refractivity contribution in [2.24, 2.45) is 11.7 Å². The van der Waals surface area contributed by atoms with Gasteiger partial charge in [-0.1, -0.05) is 43.8 Å². The standard InChI is InChI=1S/C16H22N2OS/c1-2-7-13(15(17)20)16(19)18-11-6-5-9-12-8-3-4-10-14(12)18/h3-4,8,10,13H,2,5-7,9,11H2,1H3,(H2,17,20). The third kappa shape index (κ3) is 3.18. The van der Waals surface area contributed by atoms with Gasteiger partial charge in [-0.25, -0.2) is 0 Å². The predicted molar refractivity (Wildman–Crippen MR) is 86.9 cm³/mol. The van der Waals surface area contributed by atoms with Gasteiger partial charge in [-0.2, -0.15) is 0 Å². The van der Waals surface area contributed by atoms with Crippen LogP contribution in [-0.2, 0) is 11.2 Å². The molecule has 0 fully saturated rings. The van der Waals surface area contributed by atoms with Gasteiger partial charge in [0.25, 0.3) is 0 Å². The molecule has 0 aliphatic carbocycles. The lowest BCUT2D eigenvalue weighted by Gasteiger charge is -2.27. The number of amides is 1. The maximum atomic E-state index is 12.8. The van der Waals surface area contributed by atoms with E-state index in [4.69, 9.17) is 18.0 Å². The molecule has 3 nitrogen and oxygen atoms in total. The number of anilines is 1. The minimum atomic E-state index is -0.332. The second-order valence-electron chi connectivity index (χ2n) is 5.32. The SMILES string of the molecule is CCCC(C(=O)N1CCCCc2ccccc21)C(N)=S. The molecule has 0 aromatic heterocycles. The van der Waals surface area contributed by atoms with Gasteiger partial charge in [0.2, 0.25) is 5.91 Å². The molecular weight excluding hydrogens is 268 g/mol. The van der Waals surface area contributed by atoms with Crippen LogP contribution in [0.1, 0.15) is 38.2 Å². The minimum Gasteiger partial charge on any atom is -0.393 e. The average Bonchev–Trinajstić information content (AvgIpc) is 2.66. The van der Waals surface area contributed by atoms with Crippen molar-refractivity contribution < 1.29 is 4.79 Å². The van der Waals surface area contributed by atoms with E-state index in [0.717, 1.165) is 44.3 Å². The fourth-order valence-electron chi connectivity index (χ4n) is 2.78. The number of fused-ring (bicyclic) bond motifs is 1. The smallest absolute Gasteiger partial charge is 0.236 e. The molecule has 0 radical (unpaired) electrons. The Morgan fingerprint density at radius 1 is 1.40 bits per heavy atom. The topological polar surface area (TPSA) is 46.3 Å². The first-order valence-electron chi connectivity index (χ1n) is 7.33. The van der Waals surface area contributed by atoms with E-state index >= 15 is 0 Å². The van der Waals surface area contributed by atoms with Crippen molar-refractivity contribution in [3.63, 3.8) is 0 Å². The summed E-state index contributed by atoms with van der Waals surface area (Å²) in [4.78, 5) is 15.0. The number of nitrogens with zero attached hydrogens (tertiary/aromatic N) is 1. The highest BCUT2D eigenvalue weighted by molar-refractivity contribution is 7.80. The summed E-state index contributed by atoms with van der Waals surface area (Å²) < 4.78 is 0. The van der Waals surface area contributed by atoms with Crippen LogP contribution < -0.4 is 10.6 Å². The normalized spacial score (nSPS) is 16.1. The van der Waals surface area contributed by atoms with Gasteiger partial charge in [-0.3, -0.25) is 4.79 Å². The van der Waals surface area contributed by atoms with Crippen molar-refractivity contribution in [2.75, 3.05) is 11.4 Å². The van der Waals surface area contributed by atoms with Crippen LogP contribution in [0.15, 0.2) is 24.3 Å². The molecule has 4 heteroatoms. The van der Waals surface area contributed by atoms with Crippen molar-refractivity contribution >= 4 is 28.8 Å². The summed E-state index contributed by atoms with van der Waals surface area (Å²) in [5.41, 5.74) is 8.05. The summed E-state index contributed by atoms with van der Waals surface area (Å²) in [5.74, 6) is -0.269. The van der Waals surface area contributed by atoms with Crippen molar-refractivity contribution in [3.8, 4) is 0 Å². The fraction of sp³-hybridized carbons (Fsp3) is 0.500. The van der Waals surface area contributed by atoms with Crippen LogP contribution in [0.5, 0.6) is 0 Å². The lowest BCUT2D eigenvalue weighted by atomic mass is 10.0. The van der Waals surface area contributed by atoms with Crippen LogP contribution in [0.25, 0.3) is 0 Å². The molecule has 0 bridgehead atoms. The molecular formula is C16H22N2OS. The fourth-order valence-corrected chi connectivity index (χ4v) is 3.00. The van der Waals surface area contributed by atoms with Crippen LogP contribution in [0.4, 0.5) is 5.69 Å². The van der Waals surface area contributed by atoms with Gasteiger partial charge in [0.1, 0.15) is 0 Å². The molecule has 1 aromatic rings. The molecule has 1 aromatic carbocycles. The molecule has 108 valence electrons. The molecule has 0 saturated carbocycles. The summed E-state index contributed by atoms with van der Waals surface area (Å²) in [5, 5.41) is 0. The molecule has 20 heavy (non-hydrogen) atoms. The highest BCUT2D eigenvalue weighted by atomic mass is 32.1. The molecule has 1 aliphatic heterocycles. The van der Waals surface area contributed by atoms with Crippen LogP contribution in [0.3, 0.4) is 0 Å². The first-order chi connectivity index (χ1) is 9.65. The Kier molecular flexibility index (Phi) is 5.12. The number of nitrogens with two attached hydrogens (primary N) is 1. The highest BCUT2D eigenvalue weighted by Crippen LogP contribution is 2.28. The van der Waals surface area contributed by atoms with Crippen LogP contribution >= 0.6 is 12.2 Å². The summed E-state index contributed by atoms with van der Waals surface area (Å²) >= 11 is 5.09. The number of aryl methyl sites for hydroxylation is 1. The second-order valence-corrected chi connectivity index (χ2v) is 5.79. The van der Waals surface area contributed by atoms with Crippen molar-refractivity contribution in [3.05, 3.63) is 29.8 Å². The zero-order valence-corrected chi connectivity index (χ0v) is 12.8. The van der Waals surface area contributed by atoms with Crippen LogP contribution in [0.2, 0.25) is 0 Å². The molecule has 1 atom stereocenters. The van der Waals surface area contributed by atoms with Crippen LogP contribution in [0, 0.1) is 5.92 Å². The maximum Gasteiger partial charge on any atom is 0.236 e. The lowest BCUT2D eigenvalue weighted by molar-refractivity contribution is -0.120. The number of hydrogen-bond acceptors (Lipinski definition) is 2. The molecule has 1 aliphatic rings. The van der Waals surface area contributed by atoms with E-state index in [-0.39, 0.29) is 11.8 Å². The van der Waals surface area contributed by atoms with E-state index < -0.39 is 0 Å². The Bertz CT molecular complexity index is 501. The largest absolute Gasteiger partial charge is 0.393 e.